The lowest BCUT2D eigenvalue weighted by atomic mass is 10.2. The second-order valence-electron chi connectivity index (χ2n) is 5.25. The van der Waals surface area contributed by atoms with Crippen molar-refractivity contribution >= 4 is 11.8 Å². The Morgan fingerprint density at radius 1 is 1.00 bits per heavy atom. The van der Waals surface area contributed by atoms with Gasteiger partial charge in [-0.1, -0.05) is 36.4 Å². The monoisotopic (exact) mass is 342 g/mol. The van der Waals surface area contributed by atoms with Crippen LogP contribution in [0.3, 0.4) is 0 Å². The Morgan fingerprint density at radius 3 is 2.56 bits per heavy atom. The number of carbonyl (C=O) groups is 2. The van der Waals surface area contributed by atoms with E-state index in [4.69, 9.17) is 9.47 Å². The molecule has 0 saturated carbocycles. The molecule has 0 unspecified atom stereocenters. The van der Waals surface area contributed by atoms with Gasteiger partial charge in [0.15, 0.2) is 0 Å². The first kappa shape index (κ1) is 18.5. The highest BCUT2D eigenvalue weighted by Crippen LogP contribution is 2.13. The molecule has 2 amide bonds. The molecule has 0 radical (unpaired) electrons. The van der Waals surface area contributed by atoms with Crippen LogP contribution in [0.4, 0.5) is 0 Å². The summed E-state index contributed by atoms with van der Waals surface area (Å²) >= 11 is 0. The van der Waals surface area contributed by atoms with Crippen molar-refractivity contribution in [2.24, 2.45) is 0 Å². The summed E-state index contributed by atoms with van der Waals surface area (Å²) in [5.74, 6) is -0.229. The van der Waals surface area contributed by atoms with E-state index in [0.29, 0.717) is 24.5 Å². The van der Waals surface area contributed by atoms with E-state index in [0.717, 1.165) is 6.42 Å². The van der Waals surface area contributed by atoms with E-state index < -0.39 is 11.8 Å². The van der Waals surface area contributed by atoms with Gasteiger partial charge in [-0.15, -0.1) is 0 Å². The number of hydrazine groups is 1. The van der Waals surface area contributed by atoms with Crippen LogP contribution in [0.2, 0.25) is 0 Å². The largest absolute Gasteiger partial charge is 0.493 e. The molecule has 0 fully saturated rings. The highest BCUT2D eigenvalue weighted by Gasteiger charge is 2.08. The van der Waals surface area contributed by atoms with E-state index in [2.05, 4.69) is 10.9 Å². The van der Waals surface area contributed by atoms with Crippen molar-refractivity contribution in [3.63, 3.8) is 0 Å². The molecular weight excluding hydrogens is 320 g/mol. The number of hydrogen-bond donors (Lipinski definition) is 2. The van der Waals surface area contributed by atoms with Gasteiger partial charge in [0.25, 0.3) is 11.8 Å². The predicted octanol–water partition coefficient (Wildman–Crippen LogP) is 2.11. The molecule has 6 heteroatoms. The van der Waals surface area contributed by atoms with Crippen LogP contribution in [0.1, 0.15) is 22.8 Å². The van der Waals surface area contributed by atoms with Gasteiger partial charge in [-0.2, -0.15) is 0 Å². The summed E-state index contributed by atoms with van der Waals surface area (Å²) in [7, 11) is 0. The van der Waals surface area contributed by atoms with Gasteiger partial charge in [-0.3, -0.25) is 20.4 Å². The van der Waals surface area contributed by atoms with Gasteiger partial charge < -0.3 is 9.47 Å². The van der Waals surface area contributed by atoms with Gasteiger partial charge in [-0.05, 0) is 30.7 Å². The Kier molecular flexibility index (Phi) is 7.46. The van der Waals surface area contributed by atoms with Crippen molar-refractivity contribution in [2.75, 3.05) is 19.8 Å². The molecule has 0 aliphatic carbocycles. The van der Waals surface area contributed by atoms with Gasteiger partial charge in [0.05, 0.1) is 6.61 Å². The summed E-state index contributed by atoms with van der Waals surface area (Å²) in [4.78, 5) is 23.5. The minimum atomic E-state index is -0.418. The van der Waals surface area contributed by atoms with Crippen LogP contribution >= 0.6 is 0 Å². The fraction of sp³-hybridized carbons (Fsp3) is 0.263. The molecule has 6 nitrogen and oxygen atoms in total. The zero-order chi connectivity index (χ0) is 17.9. The van der Waals surface area contributed by atoms with Crippen molar-refractivity contribution in [3.05, 3.63) is 65.7 Å². The molecule has 2 aromatic rings. The Balaban J connectivity index is 1.81. The second kappa shape index (κ2) is 10.1. The normalized spacial score (nSPS) is 10.1. The van der Waals surface area contributed by atoms with Crippen LogP contribution in [0.5, 0.6) is 5.75 Å². The third kappa shape index (κ3) is 6.64. The van der Waals surface area contributed by atoms with Crippen LogP contribution < -0.4 is 15.6 Å². The molecule has 0 aliphatic heterocycles. The van der Waals surface area contributed by atoms with E-state index in [1.807, 2.05) is 30.3 Å². The first-order valence-corrected chi connectivity index (χ1v) is 8.12. The summed E-state index contributed by atoms with van der Waals surface area (Å²) in [6.07, 6.45) is 0.782. The van der Waals surface area contributed by atoms with E-state index in [1.165, 1.54) is 5.56 Å². The van der Waals surface area contributed by atoms with Crippen molar-refractivity contribution < 1.29 is 19.1 Å². The fourth-order valence-electron chi connectivity index (χ4n) is 2.09. The SMILES string of the molecule is CCOCC(=O)NNC(=O)c1cccc(OCCc2ccccc2)c1. The van der Waals surface area contributed by atoms with Crippen molar-refractivity contribution in [1.82, 2.24) is 10.9 Å². The molecule has 2 aromatic carbocycles. The summed E-state index contributed by atoms with van der Waals surface area (Å²) in [6, 6.07) is 16.8. The molecule has 0 spiro atoms. The lowest BCUT2D eigenvalue weighted by Gasteiger charge is -2.10. The number of ether oxygens (including phenoxy) is 2. The van der Waals surface area contributed by atoms with Crippen molar-refractivity contribution in [3.8, 4) is 5.75 Å². The molecule has 132 valence electrons. The van der Waals surface area contributed by atoms with Gasteiger partial charge in [0.1, 0.15) is 12.4 Å². The van der Waals surface area contributed by atoms with Crippen LogP contribution in [0, 0.1) is 0 Å². The average molecular weight is 342 g/mol. The fourth-order valence-corrected chi connectivity index (χ4v) is 2.09. The molecule has 0 atom stereocenters. The molecule has 0 bridgehead atoms. The molecule has 2 rings (SSSR count). The minimum absolute atomic E-state index is 0.0978. The Labute approximate surface area is 147 Å². The lowest BCUT2D eigenvalue weighted by Crippen LogP contribution is -2.43. The summed E-state index contributed by atoms with van der Waals surface area (Å²) in [5, 5.41) is 0. The van der Waals surface area contributed by atoms with E-state index in [-0.39, 0.29) is 6.61 Å². The quantitative estimate of drug-likeness (QED) is 0.721. The molecular formula is C19H22N2O4. The number of rotatable bonds is 8. The maximum absolute atomic E-state index is 12.0. The smallest absolute Gasteiger partial charge is 0.269 e. The molecule has 0 aromatic heterocycles. The van der Waals surface area contributed by atoms with Gasteiger partial charge in [-0.25, -0.2) is 0 Å². The molecule has 0 heterocycles. The summed E-state index contributed by atoms with van der Waals surface area (Å²) in [6.45, 7) is 2.64. The van der Waals surface area contributed by atoms with Crippen LogP contribution in [0.25, 0.3) is 0 Å². The Bertz CT molecular complexity index is 689. The number of benzene rings is 2. The van der Waals surface area contributed by atoms with E-state index >= 15 is 0 Å². The van der Waals surface area contributed by atoms with Gasteiger partial charge in [0, 0.05) is 18.6 Å². The topological polar surface area (TPSA) is 76.7 Å². The molecule has 0 saturated heterocycles. The number of carbonyl (C=O) groups excluding carboxylic acids is 2. The number of amides is 2. The van der Waals surface area contributed by atoms with E-state index in [9.17, 15) is 9.59 Å². The highest BCUT2D eigenvalue weighted by molar-refractivity contribution is 5.95. The maximum Gasteiger partial charge on any atom is 0.269 e. The zero-order valence-corrected chi connectivity index (χ0v) is 14.2. The van der Waals surface area contributed by atoms with Crippen LogP contribution in [0.15, 0.2) is 54.6 Å². The molecule has 25 heavy (non-hydrogen) atoms. The third-order valence-electron chi connectivity index (χ3n) is 3.35. The molecule has 2 N–H and O–H groups in total. The standard InChI is InChI=1S/C19H22N2O4/c1-2-24-14-18(22)20-21-19(23)16-9-6-10-17(13-16)25-12-11-15-7-4-3-5-8-15/h3-10,13H,2,11-12,14H2,1H3,(H,20,22)(H,21,23). The average Bonchev–Trinajstić information content (AvgIpc) is 2.65. The summed E-state index contributed by atoms with van der Waals surface area (Å²) < 4.78 is 10.6. The number of nitrogens with one attached hydrogen (secondary N) is 2. The number of hydrogen-bond acceptors (Lipinski definition) is 4. The predicted molar refractivity (Wildman–Crippen MR) is 94.2 cm³/mol. The van der Waals surface area contributed by atoms with Crippen molar-refractivity contribution in [1.29, 1.82) is 0 Å². The van der Waals surface area contributed by atoms with Crippen LogP contribution in [-0.2, 0) is 16.0 Å². The molecule has 0 aliphatic rings. The van der Waals surface area contributed by atoms with Gasteiger partial charge >= 0.3 is 0 Å². The van der Waals surface area contributed by atoms with Crippen LogP contribution in [-0.4, -0.2) is 31.6 Å². The second-order valence-corrected chi connectivity index (χ2v) is 5.25. The Morgan fingerprint density at radius 2 is 1.80 bits per heavy atom. The van der Waals surface area contributed by atoms with Gasteiger partial charge in [0.2, 0.25) is 0 Å². The maximum atomic E-state index is 12.0. The lowest BCUT2D eigenvalue weighted by molar-refractivity contribution is -0.126. The summed E-state index contributed by atoms with van der Waals surface area (Å²) in [5.41, 5.74) is 6.22. The Hall–Kier alpha value is -2.86. The highest BCUT2D eigenvalue weighted by atomic mass is 16.5. The zero-order valence-electron chi connectivity index (χ0n) is 14.2. The first-order chi connectivity index (χ1) is 12.2. The minimum Gasteiger partial charge on any atom is -0.493 e. The third-order valence-corrected chi connectivity index (χ3v) is 3.35. The first-order valence-electron chi connectivity index (χ1n) is 8.12. The van der Waals surface area contributed by atoms with Crippen molar-refractivity contribution in [2.45, 2.75) is 13.3 Å². The van der Waals surface area contributed by atoms with E-state index in [1.54, 1.807) is 31.2 Å².